The lowest BCUT2D eigenvalue weighted by molar-refractivity contribution is 0.353. The van der Waals surface area contributed by atoms with E-state index in [0.29, 0.717) is 17.5 Å². The maximum absolute atomic E-state index is 6.52. The second-order valence-corrected chi connectivity index (χ2v) is 14.2. The van der Waals surface area contributed by atoms with E-state index in [0.717, 1.165) is 49.4 Å². The van der Waals surface area contributed by atoms with E-state index in [-0.39, 0.29) is 5.41 Å². The van der Waals surface area contributed by atoms with Gasteiger partial charge in [-0.15, -0.1) is 0 Å². The number of furan rings is 1. The number of fused-ring (bicyclic) bond motifs is 11. The molecule has 0 aliphatic heterocycles. The molecule has 0 amide bonds. The first-order valence-electron chi connectivity index (χ1n) is 18.1. The van der Waals surface area contributed by atoms with E-state index in [1.54, 1.807) is 0 Å². The molecule has 9 aromatic rings. The van der Waals surface area contributed by atoms with Crippen molar-refractivity contribution in [3.63, 3.8) is 0 Å². The van der Waals surface area contributed by atoms with Crippen LogP contribution in [0, 0.1) is 0 Å². The molecule has 1 saturated carbocycles. The van der Waals surface area contributed by atoms with Gasteiger partial charge in [0.05, 0.1) is 5.56 Å². The summed E-state index contributed by atoms with van der Waals surface area (Å²) in [6, 6.07) is 49.8. The molecule has 11 rings (SSSR count). The zero-order valence-corrected chi connectivity index (χ0v) is 28.1. The maximum Gasteiger partial charge on any atom is 0.167 e. The molecular weight excluding hydrogens is 623 g/mol. The maximum atomic E-state index is 6.52. The van der Waals surface area contributed by atoms with Crippen LogP contribution in [0.25, 0.3) is 88.8 Å². The third kappa shape index (κ3) is 4.23. The first-order chi connectivity index (χ1) is 25.2. The fraction of sp³-hybridized carbons (Fsp3) is 0.128. The lowest BCUT2D eigenvalue weighted by atomic mass is 9.68. The summed E-state index contributed by atoms with van der Waals surface area (Å²) < 4.78 is 6.52. The van der Waals surface area contributed by atoms with Gasteiger partial charge in [-0.05, 0) is 69.5 Å². The van der Waals surface area contributed by atoms with Gasteiger partial charge in [0, 0.05) is 32.7 Å². The van der Waals surface area contributed by atoms with Crippen LogP contribution in [0.3, 0.4) is 0 Å². The molecule has 0 atom stereocenters. The summed E-state index contributed by atoms with van der Waals surface area (Å²) in [7, 11) is 0. The first kappa shape index (κ1) is 28.7. The molecule has 0 unspecified atom stereocenters. The third-order valence-electron chi connectivity index (χ3n) is 11.5. The summed E-state index contributed by atoms with van der Waals surface area (Å²) in [5.74, 6) is 1.90. The summed E-state index contributed by atoms with van der Waals surface area (Å²) in [5, 5.41) is 6.80. The van der Waals surface area contributed by atoms with Gasteiger partial charge in [-0.1, -0.05) is 141 Å². The average molecular weight is 656 g/mol. The number of benzene rings is 7. The lowest BCUT2D eigenvalue weighted by Crippen LogP contribution is -2.27. The molecule has 2 aromatic heterocycles. The standard InChI is InChI=1S/C47H33N3O/c1-8-26-47(27-9-1)39-20-6-4-15-33(39)38-28-31(24-25-40(38)47)44-48-45(36-18-10-13-30-23-22-29-12-2-3-14-32(29)42(30)36)50-46(49-44)37-19-11-17-35-34-16-5-7-21-41(34)51-43(35)37/h2-7,10-25,28H,1,8-9,26-27H2. The van der Waals surface area contributed by atoms with Crippen LogP contribution < -0.4 is 0 Å². The van der Waals surface area contributed by atoms with Crippen molar-refractivity contribution in [2.75, 3.05) is 0 Å². The van der Waals surface area contributed by atoms with Crippen molar-refractivity contribution in [2.24, 2.45) is 0 Å². The quantitative estimate of drug-likeness (QED) is 0.178. The van der Waals surface area contributed by atoms with Gasteiger partial charge in [0.1, 0.15) is 11.2 Å². The monoisotopic (exact) mass is 655 g/mol. The van der Waals surface area contributed by atoms with E-state index < -0.39 is 0 Å². The number of para-hydroxylation sites is 2. The smallest absolute Gasteiger partial charge is 0.167 e. The van der Waals surface area contributed by atoms with Crippen molar-refractivity contribution in [1.82, 2.24) is 15.0 Å². The molecule has 1 spiro atoms. The molecule has 0 N–H and O–H groups in total. The summed E-state index contributed by atoms with van der Waals surface area (Å²) >= 11 is 0. The van der Waals surface area contributed by atoms with E-state index in [9.17, 15) is 0 Å². The molecule has 1 fully saturated rings. The van der Waals surface area contributed by atoms with Crippen LogP contribution in [-0.4, -0.2) is 15.0 Å². The van der Waals surface area contributed by atoms with Crippen molar-refractivity contribution in [1.29, 1.82) is 0 Å². The Morgan fingerprint density at radius 3 is 2.02 bits per heavy atom. The Morgan fingerprint density at radius 1 is 0.451 bits per heavy atom. The van der Waals surface area contributed by atoms with Gasteiger partial charge in [0.15, 0.2) is 17.5 Å². The van der Waals surface area contributed by atoms with Crippen LogP contribution in [0.5, 0.6) is 0 Å². The van der Waals surface area contributed by atoms with E-state index in [1.165, 1.54) is 65.1 Å². The van der Waals surface area contributed by atoms with Crippen LogP contribution >= 0.6 is 0 Å². The van der Waals surface area contributed by atoms with Gasteiger partial charge in [0.2, 0.25) is 0 Å². The Balaban J connectivity index is 1.18. The van der Waals surface area contributed by atoms with Gasteiger partial charge >= 0.3 is 0 Å². The number of hydrogen-bond acceptors (Lipinski definition) is 4. The highest BCUT2D eigenvalue weighted by atomic mass is 16.3. The zero-order chi connectivity index (χ0) is 33.5. The molecule has 2 heterocycles. The number of hydrogen-bond donors (Lipinski definition) is 0. The van der Waals surface area contributed by atoms with Crippen LogP contribution in [0.15, 0.2) is 144 Å². The molecule has 51 heavy (non-hydrogen) atoms. The SMILES string of the molecule is c1ccc2c(c1)-c1cc(-c3nc(-c4cccc5c4oc4ccccc45)nc(-c4cccc5ccc6ccccc6c45)n3)ccc1C21CCCCC1. The topological polar surface area (TPSA) is 51.8 Å². The van der Waals surface area contributed by atoms with Gasteiger partial charge in [0.25, 0.3) is 0 Å². The van der Waals surface area contributed by atoms with Gasteiger partial charge in [-0.25, -0.2) is 15.0 Å². The molecule has 4 heteroatoms. The molecule has 2 aliphatic rings. The number of rotatable bonds is 3. The van der Waals surface area contributed by atoms with E-state index in [2.05, 4.69) is 127 Å². The summed E-state index contributed by atoms with van der Waals surface area (Å²) in [4.78, 5) is 15.8. The third-order valence-corrected chi connectivity index (χ3v) is 11.5. The molecule has 7 aromatic carbocycles. The molecule has 0 bridgehead atoms. The molecule has 0 radical (unpaired) electrons. The predicted octanol–water partition coefficient (Wildman–Crippen LogP) is 12.3. The van der Waals surface area contributed by atoms with Gasteiger partial charge < -0.3 is 4.42 Å². The molecule has 2 aliphatic carbocycles. The highest BCUT2D eigenvalue weighted by Gasteiger charge is 2.43. The zero-order valence-electron chi connectivity index (χ0n) is 28.1. The summed E-state index contributed by atoms with van der Waals surface area (Å²) in [6.45, 7) is 0. The van der Waals surface area contributed by atoms with Gasteiger partial charge in [-0.2, -0.15) is 0 Å². The normalized spacial score (nSPS) is 14.8. The average Bonchev–Trinajstić information content (AvgIpc) is 3.71. The van der Waals surface area contributed by atoms with Gasteiger partial charge in [-0.3, -0.25) is 0 Å². The Bertz CT molecular complexity index is 2860. The van der Waals surface area contributed by atoms with Crippen LogP contribution in [-0.2, 0) is 5.41 Å². The fourth-order valence-corrected chi connectivity index (χ4v) is 9.21. The number of nitrogens with zero attached hydrogens (tertiary/aromatic N) is 3. The predicted molar refractivity (Wildman–Crippen MR) is 208 cm³/mol. The minimum Gasteiger partial charge on any atom is -0.455 e. The largest absolute Gasteiger partial charge is 0.455 e. The van der Waals surface area contributed by atoms with E-state index in [1.807, 2.05) is 12.1 Å². The van der Waals surface area contributed by atoms with Crippen molar-refractivity contribution < 1.29 is 4.42 Å². The number of aromatic nitrogens is 3. The first-order valence-corrected chi connectivity index (χ1v) is 18.1. The van der Waals surface area contributed by atoms with Crippen molar-refractivity contribution >= 4 is 43.5 Å². The molecular formula is C47H33N3O. The minimum absolute atomic E-state index is 0.0963. The minimum atomic E-state index is 0.0963. The molecule has 4 nitrogen and oxygen atoms in total. The highest BCUT2D eigenvalue weighted by molar-refractivity contribution is 6.14. The molecule has 242 valence electrons. The Kier molecular flexibility index (Phi) is 6.15. The fourth-order valence-electron chi connectivity index (χ4n) is 9.21. The Morgan fingerprint density at radius 2 is 1.10 bits per heavy atom. The van der Waals surface area contributed by atoms with Crippen molar-refractivity contribution in [3.8, 4) is 45.3 Å². The summed E-state index contributed by atoms with van der Waals surface area (Å²) in [5.41, 5.74) is 10.1. The molecule has 0 saturated heterocycles. The lowest BCUT2D eigenvalue weighted by Gasteiger charge is -2.35. The van der Waals surface area contributed by atoms with Crippen LogP contribution in [0.4, 0.5) is 0 Å². The van der Waals surface area contributed by atoms with Crippen LogP contribution in [0.1, 0.15) is 43.2 Å². The van der Waals surface area contributed by atoms with E-state index >= 15 is 0 Å². The highest BCUT2D eigenvalue weighted by Crippen LogP contribution is 2.56. The Labute approximate surface area is 295 Å². The summed E-state index contributed by atoms with van der Waals surface area (Å²) in [6.07, 6.45) is 6.25. The van der Waals surface area contributed by atoms with E-state index in [4.69, 9.17) is 19.4 Å². The van der Waals surface area contributed by atoms with Crippen molar-refractivity contribution in [3.05, 3.63) is 151 Å². The second-order valence-electron chi connectivity index (χ2n) is 14.2. The second kappa shape index (κ2) is 10.9. The van der Waals surface area contributed by atoms with Crippen molar-refractivity contribution in [2.45, 2.75) is 37.5 Å². The van der Waals surface area contributed by atoms with Crippen LogP contribution in [0.2, 0.25) is 0 Å². The Hall–Kier alpha value is -6.13.